The first-order chi connectivity index (χ1) is 9.70. The summed E-state index contributed by atoms with van der Waals surface area (Å²) in [4.78, 5) is 24.3. The smallest absolute Gasteiger partial charge is 0.322 e. The fourth-order valence-corrected chi connectivity index (χ4v) is 5.11. The molecule has 0 aromatic rings. The minimum atomic E-state index is -0.690. The molecule has 0 amide bonds. The zero-order chi connectivity index (χ0) is 15.5. The van der Waals surface area contributed by atoms with Gasteiger partial charge >= 0.3 is 11.9 Å². The van der Waals surface area contributed by atoms with Gasteiger partial charge in [-0.05, 0) is 57.3 Å². The quantitative estimate of drug-likeness (QED) is 0.441. The third kappa shape index (κ3) is 2.49. The number of halogens is 1. The molecule has 4 aliphatic carbocycles. The molecule has 4 rings (SSSR count). The molecule has 4 nitrogen and oxygen atoms in total. The summed E-state index contributed by atoms with van der Waals surface area (Å²) >= 11 is 2.15. The number of carboxylic acid groups (broad SMARTS) is 1. The number of carboxylic acids is 1. The minimum Gasteiger partial charge on any atom is -0.481 e. The van der Waals surface area contributed by atoms with Crippen LogP contribution in [-0.4, -0.2) is 26.1 Å². The Labute approximate surface area is 139 Å². The molecule has 0 radical (unpaired) electrons. The van der Waals surface area contributed by atoms with Crippen molar-refractivity contribution >= 4 is 34.5 Å². The number of esters is 1. The third-order valence-corrected chi connectivity index (χ3v) is 7.06. The molecule has 4 fully saturated rings. The molecule has 0 spiro atoms. The monoisotopic (exact) mass is 406 g/mol. The summed E-state index contributed by atoms with van der Waals surface area (Å²) in [5, 5.41) is 9.69. The fraction of sp³-hybridized carbons (Fsp3) is 0.875. The molecule has 4 saturated carbocycles. The second-order valence-electron chi connectivity index (χ2n) is 7.67. The van der Waals surface area contributed by atoms with Crippen LogP contribution in [0, 0.1) is 17.3 Å². The molecule has 0 saturated heterocycles. The summed E-state index contributed by atoms with van der Waals surface area (Å²) in [6.07, 6.45) is 5.62. The van der Waals surface area contributed by atoms with E-state index in [1.165, 1.54) is 0 Å². The highest BCUT2D eigenvalue weighted by molar-refractivity contribution is 14.1. The summed E-state index contributed by atoms with van der Waals surface area (Å²) in [6.45, 7) is 3.87. The number of hydrogen-bond acceptors (Lipinski definition) is 3. The third-order valence-electron chi connectivity index (χ3n) is 5.86. The Hall–Kier alpha value is -0.330. The summed E-state index contributed by atoms with van der Waals surface area (Å²) in [7, 11) is 0. The normalized spacial score (nSPS) is 43.4. The Morgan fingerprint density at radius 2 is 1.86 bits per heavy atom. The van der Waals surface area contributed by atoms with Crippen molar-refractivity contribution < 1.29 is 19.4 Å². The average molecular weight is 406 g/mol. The van der Waals surface area contributed by atoms with Crippen LogP contribution in [0.5, 0.6) is 0 Å². The van der Waals surface area contributed by atoms with E-state index in [1.54, 1.807) is 0 Å². The van der Waals surface area contributed by atoms with E-state index in [0.29, 0.717) is 18.3 Å². The largest absolute Gasteiger partial charge is 0.481 e. The zero-order valence-corrected chi connectivity index (χ0v) is 14.8. The van der Waals surface area contributed by atoms with E-state index in [1.807, 2.05) is 13.8 Å². The first-order valence-corrected chi connectivity index (χ1v) is 8.94. The van der Waals surface area contributed by atoms with Gasteiger partial charge in [-0.1, -0.05) is 29.5 Å². The van der Waals surface area contributed by atoms with Crippen LogP contribution in [0.3, 0.4) is 0 Å². The number of carbonyl (C=O) groups excluding carboxylic acids is 1. The highest BCUT2D eigenvalue weighted by atomic mass is 127. The Morgan fingerprint density at radius 3 is 2.33 bits per heavy atom. The van der Waals surface area contributed by atoms with Crippen LogP contribution in [0.15, 0.2) is 0 Å². The van der Waals surface area contributed by atoms with Crippen LogP contribution in [0.4, 0.5) is 0 Å². The predicted octanol–water partition coefficient (Wildman–Crippen LogP) is 3.56. The number of hydrogen-bond donors (Lipinski definition) is 1. The number of aliphatic carboxylic acids is 1. The summed E-state index contributed by atoms with van der Waals surface area (Å²) in [5.41, 5.74) is -1.15. The summed E-state index contributed by atoms with van der Waals surface area (Å²) in [6, 6.07) is 0. The van der Waals surface area contributed by atoms with Gasteiger partial charge in [0, 0.05) is 6.42 Å². The second-order valence-corrected chi connectivity index (χ2v) is 10.1. The highest BCUT2D eigenvalue weighted by Crippen LogP contribution is 2.63. The Bertz CT molecular complexity index is 471. The Morgan fingerprint density at radius 1 is 1.29 bits per heavy atom. The van der Waals surface area contributed by atoms with Gasteiger partial charge in [0.1, 0.15) is 9.02 Å². The zero-order valence-electron chi connectivity index (χ0n) is 12.7. The van der Waals surface area contributed by atoms with Gasteiger partial charge in [-0.15, -0.1) is 0 Å². The predicted molar refractivity (Wildman–Crippen MR) is 86.3 cm³/mol. The van der Waals surface area contributed by atoms with Crippen molar-refractivity contribution in [2.75, 3.05) is 0 Å². The summed E-state index contributed by atoms with van der Waals surface area (Å²) < 4.78 is 5.46. The van der Waals surface area contributed by atoms with Crippen molar-refractivity contribution in [2.45, 2.75) is 67.8 Å². The van der Waals surface area contributed by atoms with E-state index in [0.717, 1.165) is 38.5 Å². The van der Waals surface area contributed by atoms with Crippen molar-refractivity contribution in [1.29, 1.82) is 0 Å². The summed E-state index contributed by atoms with van der Waals surface area (Å²) in [5.74, 6) is -0.0349. The Kier molecular flexibility index (Phi) is 3.58. The van der Waals surface area contributed by atoms with Crippen molar-refractivity contribution in [3.63, 3.8) is 0 Å². The van der Waals surface area contributed by atoms with E-state index < -0.39 is 20.4 Å². The maximum absolute atomic E-state index is 12.5. The lowest BCUT2D eigenvalue weighted by molar-refractivity contribution is -0.211. The molecule has 5 heteroatoms. The topological polar surface area (TPSA) is 63.6 Å². The SMILES string of the molecule is CCC(C)(I)C(=O)OC12CC3CC(C1)CC(C(=O)O)(C3)C2. The Balaban J connectivity index is 1.85. The molecule has 0 aromatic carbocycles. The van der Waals surface area contributed by atoms with E-state index in [2.05, 4.69) is 22.6 Å². The van der Waals surface area contributed by atoms with Gasteiger partial charge in [0.05, 0.1) is 5.41 Å². The lowest BCUT2D eigenvalue weighted by atomic mass is 9.48. The van der Waals surface area contributed by atoms with E-state index in [4.69, 9.17) is 4.74 Å². The van der Waals surface area contributed by atoms with Gasteiger partial charge in [0.2, 0.25) is 0 Å². The van der Waals surface area contributed by atoms with Crippen molar-refractivity contribution in [2.24, 2.45) is 17.3 Å². The van der Waals surface area contributed by atoms with Gasteiger partial charge in [-0.2, -0.15) is 0 Å². The van der Waals surface area contributed by atoms with Crippen molar-refractivity contribution in [3.8, 4) is 0 Å². The van der Waals surface area contributed by atoms with Gasteiger partial charge in [-0.3, -0.25) is 9.59 Å². The van der Waals surface area contributed by atoms with Crippen LogP contribution in [0.25, 0.3) is 0 Å². The molecule has 118 valence electrons. The van der Waals surface area contributed by atoms with E-state index in [9.17, 15) is 14.7 Å². The minimum absolute atomic E-state index is 0.173. The first-order valence-electron chi connectivity index (χ1n) is 7.86. The van der Waals surface area contributed by atoms with Gasteiger partial charge in [0.15, 0.2) is 0 Å². The standard InChI is InChI=1S/C16H23IO4/c1-3-14(2,17)13(20)21-16-7-10-4-11(8-16)6-15(5-10,9-16)12(18)19/h10-11H,3-9H2,1-2H3,(H,18,19). The van der Waals surface area contributed by atoms with Crippen LogP contribution in [0.2, 0.25) is 0 Å². The number of carbonyl (C=O) groups is 2. The molecule has 4 bridgehead atoms. The molecular weight excluding hydrogens is 383 g/mol. The average Bonchev–Trinajstić information content (AvgIpc) is 2.36. The molecule has 3 atom stereocenters. The fourth-order valence-electron chi connectivity index (χ4n) is 5.00. The molecule has 21 heavy (non-hydrogen) atoms. The van der Waals surface area contributed by atoms with Crippen molar-refractivity contribution in [3.05, 3.63) is 0 Å². The molecule has 1 N–H and O–H groups in total. The van der Waals surface area contributed by atoms with Crippen LogP contribution >= 0.6 is 22.6 Å². The van der Waals surface area contributed by atoms with Crippen LogP contribution < -0.4 is 0 Å². The first kappa shape index (κ1) is 15.6. The van der Waals surface area contributed by atoms with E-state index >= 15 is 0 Å². The molecule has 0 aromatic heterocycles. The van der Waals surface area contributed by atoms with Gasteiger partial charge in [-0.25, -0.2) is 0 Å². The molecule has 0 aliphatic heterocycles. The second kappa shape index (κ2) is 4.83. The van der Waals surface area contributed by atoms with Crippen LogP contribution in [-0.2, 0) is 14.3 Å². The number of alkyl halides is 1. The van der Waals surface area contributed by atoms with E-state index in [-0.39, 0.29) is 5.97 Å². The molecule has 3 unspecified atom stereocenters. The lowest BCUT2D eigenvalue weighted by Crippen LogP contribution is -2.60. The van der Waals surface area contributed by atoms with Crippen LogP contribution in [0.1, 0.15) is 58.8 Å². The van der Waals surface area contributed by atoms with Crippen molar-refractivity contribution in [1.82, 2.24) is 0 Å². The molecule has 4 aliphatic rings. The number of ether oxygens (including phenoxy) is 1. The maximum Gasteiger partial charge on any atom is 0.322 e. The molecular formula is C16H23IO4. The van der Waals surface area contributed by atoms with Gasteiger partial charge in [0.25, 0.3) is 0 Å². The maximum atomic E-state index is 12.5. The number of rotatable bonds is 4. The molecule has 0 heterocycles. The highest BCUT2D eigenvalue weighted by Gasteiger charge is 2.63. The lowest BCUT2D eigenvalue weighted by Gasteiger charge is -2.59. The van der Waals surface area contributed by atoms with Gasteiger partial charge < -0.3 is 9.84 Å².